The third-order valence-corrected chi connectivity index (χ3v) is 12.6. The number of hydrogen-bond donors (Lipinski definition) is 2. The maximum atomic E-state index is 12.4. The summed E-state index contributed by atoms with van der Waals surface area (Å²) in [6.07, 6.45) is 15.3. The third kappa shape index (κ3) is 12.9. The van der Waals surface area contributed by atoms with Gasteiger partial charge in [-0.05, 0) is 82.7 Å². The standard InChI is InChI=1S/C22H40N4.C10H14F6.2C4H8/c1-18(23)21(20-10-6-4-7-11-20)25-16-12-22(13-17-25,19(2)24-3)26-14-8-5-9-15-26;1-2-6-3-7(9(11,12)13)5-8(4-6)10(14,15)16;2*1-2-4-3-1/h20-21,24H,1-2,4-17,23H2,3H3;6-8H,2-5H2,1H3;2*1-4H2. The van der Waals surface area contributed by atoms with Crippen LogP contribution in [0.1, 0.15) is 148 Å². The fraction of sp³-hybridized carbons (Fsp3) is 0.900. The monoisotopic (exact) mass is 721 g/mol. The first kappa shape index (κ1) is 43.0. The van der Waals surface area contributed by atoms with Crippen molar-refractivity contribution >= 4 is 0 Å². The fourth-order valence-electron chi connectivity index (χ4n) is 8.63. The van der Waals surface area contributed by atoms with E-state index in [9.17, 15) is 26.3 Å². The van der Waals surface area contributed by atoms with Crippen LogP contribution in [0.2, 0.25) is 0 Å². The molecule has 0 spiro atoms. The van der Waals surface area contributed by atoms with Crippen LogP contribution in [0, 0.1) is 23.7 Å². The minimum Gasteiger partial charge on any atom is -0.401 e. The molecule has 6 rings (SSSR count). The molecule has 0 aromatic rings. The molecular weight excluding hydrogens is 650 g/mol. The molecule has 6 aliphatic rings. The van der Waals surface area contributed by atoms with Gasteiger partial charge in [0.05, 0.1) is 23.4 Å². The van der Waals surface area contributed by atoms with Gasteiger partial charge in [-0.25, -0.2) is 0 Å². The van der Waals surface area contributed by atoms with Crippen LogP contribution in [-0.4, -0.2) is 67.0 Å². The Morgan fingerprint density at radius 3 is 1.48 bits per heavy atom. The van der Waals surface area contributed by atoms with E-state index in [2.05, 4.69) is 28.3 Å². The Kier molecular flexibility index (Phi) is 17.8. The van der Waals surface area contributed by atoms with Crippen molar-refractivity contribution in [3.8, 4) is 0 Å². The van der Waals surface area contributed by atoms with E-state index in [1.807, 2.05) is 7.05 Å². The van der Waals surface area contributed by atoms with Crippen LogP contribution in [-0.2, 0) is 0 Å². The molecule has 3 N–H and O–H groups in total. The molecule has 2 saturated heterocycles. The lowest BCUT2D eigenvalue weighted by atomic mass is 9.73. The van der Waals surface area contributed by atoms with Crippen LogP contribution in [0.25, 0.3) is 0 Å². The fourth-order valence-corrected chi connectivity index (χ4v) is 8.63. The first-order valence-corrected chi connectivity index (χ1v) is 20.2. The highest BCUT2D eigenvalue weighted by Gasteiger charge is 2.51. The Labute approximate surface area is 300 Å². The molecule has 292 valence electrons. The molecule has 4 saturated carbocycles. The number of likely N-dealkylation sites (N-methyl/N-ethyl adjacent to an activating group) is 1. The molecule has 0 radical (unpaired) electrons. The maximum absolute atomic E-state index is 12.4. The Balaban J connectivity index is 0.000000235. The first-order chi connectivity index (χ1) is 23.7. The number of nitrogens with zero attached hydrogens (tertiary/aromatic N) is 2. The molecule has 4 nitrogen and oxygen atoms in total. The maximum Gasteiger partial charge on any atom is 0.391 e. The summed E-state index contributed by atoms with van der Waals surface area (Å²) in [6, 6.07) is 0.373. The number of likely N-dealkylation sites (tertiary alicyclic amines) is 2. The van der Waals surface area contributed by atoms with Gasteiger partial charge in [-0.15, -0.1) is 0 Å². The van der Waals surface area contributed by atoms with Crippen LogP contribution in [0.3, 0.4) is 0 Å². The second-order valence-corrected chi connectivity index (χ2v) is 16.0. The van der Waals surface area contributed by atoms with Crippen molar-refractivity contribution < 1.29 is 26.3 Å². The molecule has 3 unspecified atom stereocenters. The first-order valence-electron chi connectivity index (χ1n) is 20.2. The van der Waals surface area contributed by atoms with E-state index >= 15 is 0 Å². The minimum atomic E-state index is -4.50. The second kappa shape index (κ2) is 20.7. The number of halogens is 6. The molecular formula is C40H70F6N4. The largest absolute Gasteiger partial charge is 0.401 e. The average Bonchev–Trinajstić information content (AvgIpc) is 3.03. The van der Waals surface area contributed by atoms with Crippen LogP contribution < -0.4 is 11.1 Å². The van der Waals surface area contributed by atoms with Crippen molar-refractivity contribution in [2.75, 3.05) is 33.2 Å². The summed E-state index contributed by atoms with van der Waals surface area (Å²) in [5, 5.41) is 3.41. The van der Waals surface area contributed by atoms with Gasteiger partial charge < -0.3 is 11.1 Å². The highest BCUT2D eigenvalue weighted by molar-refractivity contribution is 5.19. The Morgan fingerprint density at radius 1 is 0.700 bits per heavy atom. The van der Waals surface area contributed by atoms with Crippen molar-refractivity contribution in [1.82, 2.24) is 15.1 Å². The third-order valence-electron chi connectivity index (χ3n) is 12.6. The molecule has 10 heteroatoms. The van der Waals surface area contributed by atoms with Gasteiger partial charge in [0.2, 0.25) is 0 Å². The van der Waals surface area contributed by atoms with Crippen molar-refractivity contribution in [3.63, 3.8) is 0 Å². The topological polar surface area (TPSA) is 44.5 Å². The summed E-state index contributed by atoms with van der Waals surface area (Å²) >= 11 is 0. The number of nitrogens with one attached hydrogen (secondary N) is 1. The van der Waals surface area contributed by atoms with Gasteiger partial charge in [-0.1, -0.05) is 104 Å². The number of nitrogens with two attached hydrogens (primary N) is 1. The number of hydrogen-bond acceptors (Lipinski definition) is 4. The lowest BCUT2D eigenvalue weighted by Gasteiger charge is -2.53. The van der Waals surface area contributed by atoms with Crippen molar-refractivity contribution in [1.29, 1.82) is 0 Å². The van der Waals surface area contributed by atoms with Crippen molar-refractivity contribution in [3.05, 3.63) is 24.6 Å². The van der Waals surface area contributed by atoms with Gasteiger partial charge in [-0.2, -0.15) is 26.3 Å². The molecule has 0 bridgehead atoms. The van der Waals surface area contributed by atoms with E-state index in [1.54, 1.807) is 6.92 Å². The van der Waals surface area contributed by atoms with E-state index in [4.69, 9.17) is 5.73 Å². The predicted molar refractivity (Wildman–Crippen MR) is 195 cm³/mol. The number of rotatable bonds is 7. The highest BCUT2D eigenvalue weighted by Crippen LogP contribution is 2.48. The van der Waals surface area contributed by atoms with Gasteiger partial charge in [0.15, 0.2) is 0 Å². The predicted octanol–water partition coefficient (Wildman–Crippen LogP) is 11.1. The van der Waals surface area contributed by atoms with Crippen LogP contribution in [0.4, 0.5) is 26.3 Å². The van der Waals surface area contributed by atoms with E-state index in [1.165, 1.54) is 122 Å². The van der Waals surface area contributed by atoms with Crippen molar-refractivity contribution in [2.24, 2.45) is 29.4 Å². The Bertz CT molecular complexity index is 931. The van der Waals surface area contributed by atoms with Gasteiger partial charge >= 0.3 is 12.4 Å². The summed E-state index contributed by atoms with van der Waals surface area (Å²) in [4.78, 5) is 5.36. The second-order valence-electron chi connectivity index (χ2n) is 16.0. The molecule has 0 aromatic carbocycles. The van der Waals surface area contributed by atoms with E-state index in [0.29, 0.717) is 18.4 Å². The number of piperidine rings is 2. The molecule has 2 aliphatic heterocycles. The molecule has 50 heavy (non-hydrogen) atoms. The summed E-state index contributed by atoms with van der Waals surface area (Å²) in [6.45, 7) is 14.9. The minimum absolute atomic E-state index is 0.124. The average molecular weight is 721 g/mol. The SMILES string of the molecule is C1CCC1.C1CCC1.C=C(N)C(C1CCCCC1)N1CCC(C(=C)NC)(N2CCCCC2)CC1.CCC1CC(C(F)(F)F)CC(C(F)(F)F)C1. The van der Waals surface area contributed by atoms with E-state index < -0.39 is 36.5 Å². The molecule has 3 atom stereocenters. The van der Waals surface area contributed by atoms with E-state index in [0.717, 1.165) is 31.6 Å². The summed E-state index contributed by atoms with van der Waals surface area (Å²) in [5.74, 6) is -3.35. The van der Waals surface area contributed by atoms with Gasteiger partial charge in [0, 0.05) is 31.5 Å². The highest BCUT2D eigenvalue weighted by atomic mass is 19.4. The Hall–Kier alpha value is -1.42. The lowest BCUT2D eigenvalue weighted by molar-refractivity contribution is -0.228. The summed E-state index contributed by atoms with van der Waals surface area (Å²) in [5.41, 5.74) is 8.53. The zero-order valence-electron chi connectivity index (χ0n) is 31.4. The van der Waals surface area contributed by atoms with Crippen LogP contribution in [0.5, 0.6) is 0 Å². The quantitative estimate of drug-likeness (QED) is 0.257. The van der Waals surface area contributed by atoms with Crippen LogP contribution in [0.15, 0.2) is 24.6 Å². The normalized spacial score (nSPS) is 28.4. The molecule has 4 aliphatic carbocycles. The molecule has 6 fully saturated rings. The molecule has 0 aromatic heterocycles. The number of alkyl halides is 6. The zero-order valence-corrected chi connectivity index (χ0v) is 31.4. The van der Waals surface area contributed by atoms with Gasteiger partial charge in [-0.3, -0.25) is 9.80 Å². The molecule has 2 heterocycles. The summed E-state index contributed by atoms with van der Waals surface area (Å²) in [7, 11) is 2.03. The lowest BCUT2D eigenvalue weighted by Crippen LogP contribution is -2.61. The van der Waals surface area contributed by atoms with Crippen molar-refractivity contribution in [2.45, 2.75) is 172 Å². The van der Waals surface area contributed by atoms with E-state index in [-0.39, 0.29) is 18.4 Å². The van der Waals surface area contributed by atoms with Crippen LogP contribution >= 0.6 is 0 Å². The van der Waals surface area contributed by atoms with Gasteiger partial charge in [0.25, 0.3) is 0 Å². The zero-order chi connectivity index (χ0) is 36.8. The Morgan fingerprint density at radius 2 is 1.12 bits per heavy atom. The smallest absolute Gasteiger partial charge is 0.391 e. The summed E-state index contributed by atoms with van der Waals surface area (Å²) < 4.78 is 74.7. The van der Waals surface area contributed by atoms with Gasteiger partial charge in [0.1, 0.15) is 0 Å². The molecule has 0 amide bonds.